The van der Waals surface area contributed by atoms with E-state index >= 15 is 0 Å². The van der Waals surface area contributed by atoms with E-state index in [-0.39, 0.29) is 0 Å². The molecule has 0 aliphatic heterocycles. The maximum absolute atomic E-state index is 4.88. The van der Waals surface area contributed by atoms with Crippen LogP contribution >= 0.6 is 12.2 Å². The Bertz CT molecular complexity index is 435. The number of hydrogen-bond acceptors (Lipinski definition) is 3. The summed E-state index contributed by atoms with van der Waals surface area (Å²) in [6, 6.07) is 3.72. The molecule has 0 saturated heterocycles. The summed E-state index contributed by atoms with van der Waals surface area (Å²) >= 11 is 4.88. The van der Waals surface area contributed by atoms with Gasteiger partial charge in [-0.25, -0.2) is 9.97 Å². The fraction of sp³-hybridized carbons (Fsp3) is 0. The number of rotatable bonds is 0. The molecule has 3 nitrogen and oxygen atoms in total. The van der Waals surface area contributed by atoms with Crippen molar-refractivity contribution in [2.75, 3.05) is 0 Å². The lowest BCUT2D eigenvalue weighted by molar-refractivity contribution is 1.21. The van der Waals surface area contributed by atoms with Crippen molar-refractivity contribution in [3.8, 4) is 0 Å². The summed E-state index contributed by atoms with van der Waals surface area (Å²) in [4.78, 5) is 11.1. The lowest BCUT2D eigenvalue weighted by Gasteiger charge is -1.92. The molecule has 1 N–H and O–H groups in total. The van der Waals surface area contributed by atoms with E-state index in [0.717, 1.165) is 11.2 Å². The molecule has 0 radical (unpaired) electrons. The number of fused-ring (bicyclic) bond motifs is 1. The number of aromatic nitrogens is 3. The van der Waals surface area contributed by atoms with Crippen LogP contribution in [0.25, 0.3) is 11.2 Å². The molecule has 2 aromatic heterocycles. The van der Waals surface area contributed by atoms with Crippen LogP contribution in [0, 0.1) is 4.64 Å². The Balaban J connectivity index is 2.94. The molecule has 2 aromatic rings. The number of nitrogens with one attached hydrogen (secondary N) is 1. The number of nitrogens with zero attached hydrogens (tertiary/aromatic N) is 2. The average Bonchev–Trinajstić information content (AvgIpc) is 2.04. The van der Waals surface area contributed by atoms with Crippen LogP contribution < -0.4 is 0 Å². The summed E-state index contributed by atoms with van der Waals surface area (Å²) < 4.78 is 0.608. The summed E-state index contributed by atoms with van der Waals surface area (Å²) in [5.74, 6) is 0. The zero-order valence-electron chi connectivity index (χ0n) is 5.61. The molecule has 0 aromatic carbocycles. The van der Waals surface area contributed by atoms with E-state index in [0.29, 0.717) is 4.64 Å². The van der Waals surface area contributed by atoms with Crippen molar-refractivity contribution in [1.82, 2.24) is 15.0 Å². The second-order valence-electron chi connectivity index (χ2n) is 2.12. The van der Waals surface area contributed by atoms with Crippen molar-refractivity contribution >= 4 is 23.4 Å². The zero-order chi connectivity index (χ0) is 7.68. The lowest BCUT2D eigenvalue weighted by Crippen LogP contribution is -1.85. The van der Waals surface area contributed by atoms with Gasteiger partial charge in [-0.15, -0.1) is 0 Å². The smallest absolute Gasteiger partial charge is 0.156 e. The third-order valence-electron chi connectivity index (χ3n) is 1.35. The highest BCUT2D eigenvalue weighted by atomic mass is 32.1. The van der Waals surface area contributed by atoms with Crippen molar-refractivity contribution in [2.45, 2.75) is 0 Å². The highest BCUT2D eigenvalue weighted by molar-refractivity contribution is 7.71. The minimum absolute atomic E-state index is 0.608. The molecule has 4 heteroatoms. The maximum atomic E-state index is 4.88. The first-order chi connectivity index (χ1) is 5.36. The minimum Gasteiger partial charge on any atom is -0.328 e. The van der Waals surface area contributed by atoms with Gasteiger partial charge in [0.05, 0.1) is 6.20 Å². The van der Waals surface area contributed by atoms with Gasteiger partial charge in [-0.3, -0.25) is 0 Å². The molecule has 0 atom stereocenters. The van der Waals surface area contributed by atoms with Crippen molar-refractivity contribution in [3.05, 3.63) is 29.2 Å². The van der Waals surface area contributed by atoms with Crippen LogP contribution in [0.1, 0.15) is 0 Å². The minimum atomic E-state index is 0.608. The van der Waals surface area contributed by atoms with E-state index < -0.39 is 0 Å². The molecule has 2 rings (SSSR count). The van der Waals surface area contributed by atoms with Crippen molar-refractivity contribution in [1.29, 1.82) is 0 Å². The fourth-order valence-electron chi connectivity index (χ4n) is 0.874. The highest BCUT2D eigenvalue weighted by Gasteiger charge is 1.90. The Labute approximate surface area is 68.1 Å². The molecule has 0 aliphatic carbocycles. The Hall–Kier alpha value is -1.29. The van der Waals surface area contributed by atoms with Gasteiger partial charge in [-0.1, -0.05) is 12.2 Å². The molecule has 2 heterocycles. The van der Waals surface area contributed by atoms with Gasteiger partial charge in [-0.05, 0) is 12.1 Å². The van der Waals surface area contributed by atoms with E-state index in [2.05, 4.69) is 15.0 Å². The molecule has 0 saturated carbocycles. The number of aromatic amines is 1. The van der Waals surface area contributed by atoms with Gasteiger partial charge >= 0.3 is 0 Å². The van der Waals surface area contributed by atoms with Crippen LogP contribution in [0.3, 0.4) is 0 Å². The molecular formula is C7H5N3S. The molecule has 0 amide bonds. The van der Waals surface area contributed by atoms with E-state index in [1.165, 1.54) is 0 Å². The van der Waals surface area contributed by atoms with Crippen LogP contribution in [0.4, 0.5) is 0 Å². The molecule has 0 aliphatic rings. The second-order valence-corrected chi connectivity index (χ2v) is 2.56. The summed E-state index contributed by atoms with van der Waals surface area (Å²) in [5.41, 5.74) is 1.57. The standard InChI is InChI=1S/C7H5N3S/c11-6-4-9-5-2-1-3-8-7(5)10-6/h1-4H,(H,8,10,11). The first-order valence-electron chi connectivity index (χ1n) is 3.16. The Morgan fingerprint density at radius 1 is 1.36 bits per heavy atom. The van der Waals surface area contributed by atoms with Gasteiger partial charge in [0.25, 0.3) is 0 Å². The van der Waals surface area contributed by atoms with Gasteiger partial charge in [0.1, 0.15) is 10.2 Å². The number of hydrogen-bond donors (Lipinski definition) is 1. The predicted molar refractivity (Wildman–Crippen MR) is 44.7 cm³/mol. The second kappa shape index (κ2) is 2.39. The summed E-state index contributed by atoms with van der Waals surface area (Å²) in [5, 5.41) is 0. The first kappa shape index (κ1) is 6.42. The lowest BCUT2D eigenvalue weighted by atomic mass is 10.4. The molecule has 54 valence electrons. The number of H-pyrrole nitrogens is 1. The van der Waals surface area contributed by atoms with Crippen molar-refractivity contribution in [3.63, 3.8) is 0 Å². The van der Waals surface area contributed by atoms with Crippen LogP contribution in [-0.2, 0) is 0 Å². The van der Waals surface area contributed by atoms with Gasteiger partial charge in [0.2, 0.25) is 0 Å². The normalized spacial score (nSPS) is 10.2. The molecule has 0 fully saturated rings. The third kappa shape index (κ3) is 1.12. The van der Waals surface area contributed by atoms with Crippen LogP contribution in [0.5, 0.6) is 0 Å². The Kier molecular flexibility index (Phi) is 1.40. The first-order valence-corrected chi connectivity index (χ1v) is 3.57. The van der Waals surface area contributed by atoms with Gasteiger partial charge < -0.3 is 4.98 Å². The highest BCUT2D eigenvalue weighted by Crippen LogP contribution is 2.01. The average molecular weight is 163 g/mol. The molecule has 0 bridgehead atoms. The van der Waals surface area contributed by atoms with E-state index in [1.807, 2.05) is 12.1 Å². The maximum Gasteiger partial charge on any atom is 0.156 e. The number of pyridine rings is 1. The molecule has 0 unspecified atom stereocenters. The van der Waals surface area contributed by atoms with E-state index in [4.69, 9.17) is 12.2 Å². The van der Waals surface area contributed by atoms with Crippen LogP contribution in [-0.4, -0.2) is 15.0 Å². The van der Waals surface area contributed by atoms with Crippen molar-refractivity contribution in [2.24, 2.45) is 0 Å². The summed E-state index contributed by atoms with van der Waals surface area (Å²) in [7, 11) is 0. The van der Waals surface area contributed by atoms with Crippen molar-refractivity contribution < 1.29 is 0 Å². The van der Waals surface area contributed by atoms with E-state index in [1.54, 1.807) is 12.4 Å². The van der Waals surface area contributed by atoms with E-state index in [9.17, 15) is 0 Å². The molecule has 11 heavy (non-hydrogen) atoms. The van der Waals surface area contributed by atoms with Crippen LogP contribution in [0.2, 0.25) is 0 Å². The van der Waals surface area contributed by atoms with Gasteiger partial charge in [0.15, 0.2) is 5.65 Å². The predicted octanol–water partition coefficient (Wildman–Crippen LogP) is 1.69. The largest absolute Gasteiger partial charge is 0.328 e. The van der Waals surface area contributed by atoms with Gasteiger partial charge in [-0.2, -0.15) is 0 Å². The topological polar surface area (TPSA) is 41.6 Å². The zero-order valence-corrected chi connectivity index (χ0v) is 6.43. The molecule has 0 spiro atoms. The quantitative estimate of drug-likeness (QED) is 0.601. The van der Waals surface area contributed by atoms with Crippen LogP contribution in [0.15, 0.2) is 24.5 Å². The molecular weight excluding hydrogens is 158 g/mol. The fourth-order valence-corrected chi connectivity index (χ4v) is 1.02. The summed E-state index contributed by atoms with van der Waals surface area (Å²) in [6.07, 6.45) is 3.31. The Morgan fingerprint density at radius 2 is 2.27 bits per heavy atom. The third-order valence-corrected chi connectivity index (χ3v) is 1.56. The monoisotopic (exact) mass is 163 g/mol. The Morgan fingerprint density at radius 3 is 3.18 bits per heavy atom. The summed E-state index contributed by atoms with van der Waals surface area (Å²) in [6.45, 7) is 0. The van der Waals surface area contributed by atoms with Gasteiger partial charge in [0, 0.05) is 6.20 Å². The SMILES string of the molecule is S=c1cnc2cccnc2[nH]1.